The van der Waals surface area contributed by atoms with Crippen LogP contribution in [-0.2, 0) is 4.79 Å². The molecule has 8 heteroatoms. The van der Waals surface area contributed by atoms with Crippen LogP contribution in [0, 0.1) is 0 Å². The van der Waals surface area contributed by atoms with Crippen molar-refractivity contribution in [2.45, 2.75) is 38.1 Å². The summed E-state index contributed by atoms with van der Waals surface area (Å²) in [6.07, 6.45) is 9.15. The molecule has 0 spiro atoms. The van der Waals surface area contributed by atoms with Gasteiger partial charge in [-0.1, -0.05) is 19.3 Å². The number of aliphatic imine (C=N–C) groups is 1. The zero-order valence-electron chi connectivity index (χ0n) is 16.5. The van der Waals surface area contributed by atoms with Crippen molar-refractivity contribution in [3.63, 3.8) is 0 Å². The third kappa shape index (κ3) is 4.33. The average molecular weight is 430 g/mol. The largest absolute Gasteiger partial charge is 0.497 e. The number of thiazole rings is 1. The molecule has 1 saturated heterocycles. The second-order valence-electron chi connectivity index (χ2n) is 6.89. The quantitative estimate of drug-likeness (QED) is 0.619. The molecule has 1 amide bonds. The predicted octanol–water partition coefficient (Wildman–Crippen LogP) is 5.10. The van der Waals surface area contributed by atoms with Crippen LogP contribution >= 0.6 is 23.1 Å². The van der Waals surface area contributed by atoms with Gasteiger partial charge in [-0.2, -0.15) is 4.99 Å². The van der Waals surface area contributed by atoms with E-state index in [1.807, 2.05) is 34.6 Å². The molecule has 0 radical (unpaired) electrons. The van der Waals surface area contributed by atoms with Crippen LogP contribution in [0.25, 0.3) is 6.08 Å². The molecule has 6 nitrogen and oxygen atoms in total. The molecule has 1 aromatic heterocycles. The van der Waals surface area contributed by atoms with Crippen LogP contribution in [0.5, 0.6) is 11.5 Å². The van der Waals surface area contributed by atoms with E-state index in [2.05, 4.69) is 9.98 Å². The monoisotopic (exact) mass is 429 g/mol. The molecular weight excluding hydrogens is 406 g/mol. The summed E-state index contributed by atoms with van der Waals surface area (Å²) in [7, 11) is 3.24. The van der Waals surface area contributed by atoms with E-state index in [4.69, 9.17) is 9.47 Å². The molecule has 1 saturated carbocycles. The first kappa shape index (κ1) is 20.0. The number of amides is 1. The van der Waals surface area contributed by atoms with E-state index in [0.29, 0.717) is 26.7 Å². The van der Waals surface area contributed by atoms with Crippen LogP contribution in [-0.4, -0.2) is 41.2 Å². The number of amidine groups is 1. The summed E-state index contributed by atoms with van der Waals surface area (Å²) in [6.45, 7) is 0. The number of aromatic nitrogens is 1. The summed E-state index contributed by atoms with van der Waals surface area (Å²) >= 11 is 2.87. The van der Waals surface area contributed by atoms with Gasteiger partial charge in [0.25, 0.3) is 5.91 Å². The highest BCUT2D eigenvalue weighted by molar-refractivity contribution is 8.18. The van der Waals surface area contributed by atoms with Crippen molar-refractivity contribution in [3.05, 3.63) is 40.2 Å². The van der Waals surface area contributed by atoms with E-state index >= 15 is 0 Å². The normalized spacial score (nSPS) is 20.6. The van der Waals surface area contributed by atoms with Gasteiger partial charge in [-0.3, -0.25) is 9.69 Å². The average Bonchev–Trinajstić information content (AvgIpc) is 3.37. The van der Waals surface area contributed by atoms with Gasteiger partial charge in [-0.25, -0.2) is 4.98 Å². The number of hydrogen-bond donors (Lipinski definition) is 0. The minimum Gasteiger partial charge on any atom is -0.497 e. The summed E-state index contributed by atoms with van der Waals surface area (Å²) < 4.78 is 10.8. The number of ether oxygens (including phenoxy) is 2. The number of methoxy groups -OCH3 is 2. The highest BCUT2D eigenvalue weighted by Gasteiger charge is 2.39. The maximum atomic E-state index is 13.4. The Bertz CT molecular complexity index is 935. The first-order valence-corrected chi connectivity index (χ1v) is 11.3. The SMILES string of the molecule is COc1ccc(OC)c(/C=C2\S/C(=N/c3nccs3)N(C3CCCCC3)C2=O)c1. The molecule has 1 aliphatic carbocycles. The molecule has 0 atom stereocenters. The van der Waals surface area contributed by atoms with Crippen molar-refractivity contribution in [1.82, 2.24) is 9.88 Å². The lowest BCUT2D eigenvalue weighted by Crippen LogP contribution is -2.40. The standard InChI is InChI=1S/C21H23N3O3S2/c1-26-16-8-9-17(27-2)14(12-16)13-18-19(25)24(15-6-4-3-5-7-15)21(29-18)23-20-22-10-11-28-20/h8-13,15H,3-7H2,1-2H3/b18-13-,23-21+. The van der Waals surface area contributed by atoms with E-state index in [1.165, 1.54) is 29.5 Å². The van der Waals surface area contributed by atoms with Crippen LogP contribution in [0.2, 0.25) is 0 Å². The zero-order valence-corrected chi connectivity index (χ0v) is 18.1. The van der Waals surface area contributed by atoms with E-state index in [0.717, 1.165) is 31.2 Å². The van der Waals surface area contributed by atoms with Crippen molar-refractivity contribution in [3.8, 4) is 11.5 Å². The maximum absolute atomic E-state index is 13.4. The number of benzene rings is 1. The number of nitrogens with zero attached hydrogens (tertiary/aromatic N) is 3. The number of thioether (sulfide) groups is 1. The molecular formula is C21H23N3O3S2. The van der Waals surface area contributed by atoms with Gasteiger partial charge in [-0.15, -0.1) is 11.3 Å². The Kier molecular flexibility index (Phi) is 6.20. The third-order valence-electron chi connectivity index (χ3n) is 5.11. The van der Waals surface area contributed by atoms with Gasteiger partial charge < -0.3 is 9.47 Å². The minimum absolute atomic E-state index is 0.00193. The number of carbonyl (C=O) groups excluding carboxylic acids is 1. The molecule has 1 aliphatic heterocycles. The smallest absolute Gasteiger partial charge is 0.267 e. The molecule has 0 N–H and O–H groups in total. The van der Waals surface area contributed by atoms with E-state index in [9.17, 15) is 4.79 Å². The van der Waals surface area contributed by atoms with Crippen molar-refractivity contribution >= 4 is 45.4 Å². The molecule has 2 aromatic rings. The Labute approximate surface area is 178 Å². The molecule has 0 bridgehead atoms. The lowest BCUT2D eigenvalue weighted by molar-refractivity contribution is -0.124. The molecule has 1 aromatic carbocycles. The zero-order chi connectivity index (χ0) is 20.2. The molecule has 0 unspecified atom stereocenters. The van der Waals surface area contributed by atoms with Crippen molar-refractivity contribution in [1.29, 1.82) is 0 Å². The lowest BCUT2D eigenvalue weighted by Gasteiger charge is -2.30. The van der Waals surface area contributed by atoms with Gasteiger partial charge >= 0.3 is 0 Å². The molecule has 152 valence electrons. The summed E-state index contributed by atoms with van der Waals surface area (Å²) in [4.78, 5) is 24.8. The van der Waals surface area contributed by atoms with Crippen LogP contribution < -0.4 is 9.47 Å². The highest BCUT2D eigenvalue weighted by Crippen LogP contribution is 2.39. The Morgan fingerprint density at radius 1 is 1.21 bits per heavy atom. The van der Waals surface area contributed by atoms with E-state index < -0.39 is 0 Å². The Morgan fingerprint density at radius 2 is 2.03 bits per heavy atom. The molecule has 4 rings (SSSR count). The van der Waals surface area contributed by atoms with E-state index in [-0.39, 0.29) is 11.9 Å². The Morgan fingerprint density at radius 3 is 2.72 bits per heavy atom. The van der Waals surface area contributed by atoms with E-state index in [1.54, 1.807) is 20.4 Å². The van der Waals surface area contributed by atoms with Gasteiger partial charge in [0.15, 0.2) is 5.17 Å². The van der Waals surface area contributed by atoms with Crippen LogP contribution in [0.1, 0.15) is 37.7 Å². The second kappa shape index (κ2) is 9.00. The number of rotatable bonds is 5. The van der Waals surface area contributed by atoms with Crippen molar-refractivity contribution in [2.75, 3.05) is 14.2 Å². The first-order valence-electron chi connectivity index (χ1n) is 9.63. The van der Waals surface area contributed by atoms with Gasteiger partial charge in [-0.05, 0) is 48.9 Å². The molecule has 2 aliphatic rings. The fourth-order valence-corrected chi connectivity index (χ4v) is 5.27. The second-order valence-corrected chi connectivity index (χ2v) is 8.78. The van der Waals surface area contributed by atoms with Crippen LogP contribution in [0.4, 0.5) is 5.13 Å². The topological polar surface area (TPSA) is 64.0 Å². The predicted molar refractivity (Wildman–Crippen MR) is 118 cm³/mol. The lowest BCUT2D eigenvalue weighted by atomic mass is 9.94. The van der Waals surface area contributed by atoms with Gasteiger partial charge in [0.1, 0.15) is 11.5 Å². The summed E-state index contributed by atoms with van der Waals surface area (Å²) in [5.41, 5.74) is 0.807. The highest BCUT2D eigenvalue weighted by atomic mass is 32.2. The Hall–Kier alpha value is -2.32. The maximum Gasteiger partial charge on any atom is 0.267 e. The molecule has 2 fully saturated rings. The van der Waals surface area contributed by atoms with Gasteiger partial charge in [0.2, 0.25) is 5.13 Å². The molecule has 29 heavy (non-hydrogen) atoms. The van der Waals surface area contributed by atoms with Crippen molar-refractivity contribution in [2.24, 2.45) is 4.99 Å². The Balaban J connectivity index is 1.72. The summed E-state index contributed by atoms with van der Waals surface area (Å²) in [6, 6.07) is 5.76. The first-order chi connectivity index (χ1) is 14.2. The fourth-order valence-electron chi connectivity index (χ4n) is 3.67. The van der Waals surface area contributed by atoms with Crippen LogP contribution in [0.15, 0.2) is 39.7 Å². The summed E-state index contributed by atoms with van der Waals surface area (Å²) in [5.74, 6) is 1.41. The van der Waals surface area contributed by atoms with Gasteiger partial charge in [0.05, 0.1) is 19.1 Å². The van der Waals surface area contributed by atoms with Crippen molar-refractivity contribution < 1.29 is 14.3 Å². The number of hydrogen-bond acceptors (Lipinski definition) is 7. The third-order valence-corrected chi connectivity index (χ3v) is 6.76. The fraction of sp³-hybridized carbons (Fsp3) is 0.381. The molecule has 2 heterocycles. The number of carbonyl (C=O) groups is 1. The van der Waals surface area contributed by atoms with Gasteiger partial charge in [0, 0.05) is 23.2 Å². The summed E-state index contributed by atoms with van der Waals surface area (Å²) in [5, 5.41) is 3.27. The van der Waals surface area contributed by atoms with Crippen LogP contribution in [0.3, 0.4) is 0 Å². The minimum atomic E-state index is 0.00193.